The maximum Gasteiger partial charge on any atom is 0.312 e. The Morgan fingerprint density at radius 2 is 2.00 bits per heavy atom. The van der Waals surface area contributed by atoms with Crippen molar-refractivity contribution in [1.82, 2.24) is 0 Å². The molecule has 0 heterocycles. The smallest absolute Gasteiger partial charge is 0.312 e. The molecule has 0 aromatic heterocycles. The van der Waals surface area contributed by atoms with Gasteiger partial charge in [-0.15, -0.1) is 0 Å². The summed E-state index contributed by atoms with van der Waals surface area (Å²) >= 11 is 9.13. The summed E-state index contributed by atoms with van der Waals surface area (Å²) in [6, 6.07) is 11.9. The van der Waals surface area contributed by atoms with Gasteiger partial charge in [-0.2, -0.15) is 0 Å². The highest BCUT2D eigenvalue weighted by Crippen LogP contribution is 2.31. The summed E-state index contributed by atoms with van der Waals surface area (Å²) in [5.41, 5.74) is 0.770. The summed E-state index contributed by atoms with van der Waals surface area (Å²) in [7, 11) is 0. The lowest BCUT2D eigenvalue weighted by Gasteiger charge is -2.08. The second-order valence-corrected chi connectivity index (χ2v) is 5.04. The number of ether oxygens (including phenoxy) is 1. The summed E-state index contributed by atoms with van der Waals surface area (Å²) < 4.78 is 6.39. The van der Waals surface area contributed by atoms with Crippen molar-refractivity contribution in [3.8, 4) is 5.75 Å². The van der Waals surface area contributed by atoms with E-state index in [4.69, 9.17) is 16.3 Å². The number of nitrogens with zero attached hydrogens (tertiary/aromatic N) is 1. The largest absolute Gasteiger partial charge is 0.482 e. The Morgan fingerprint density at radius 3 is 2.68 bits per heavy atom. The van der Waals surface area contributed by atoms with Crippen LogP contribution in [0.15, 0.2) is 46.9 Å². The van der Waals surface area contributed by atoms with Crippen molar-refractivity contribution in [2.75, 3.05) is 0 Å². The van der Waals surface area contributed by atoms with Crippen molar-refractivity contribution >= 4 is 33.2 Å². The second-order valence-electron chi connectivity index (χ2n) is 3.75. The van der Waals surface area contributed by atoms with Gasteiger partial charge >= 0.3 is 5.69 Å². The van der Waals surface area contributed by atoms with Gasteiger partial charge in [-0.25, -0.2) is 0 Å². The number of benzene rings is 2. The van der Waals surface area contributed by atoms with E-state index in [1.165, 1.54) is 12.1 Å². The third kappa shape index (κ3) is 3.45. The average Bonchev–Trinajstić information content (AvgIpc) is 2.38. The highest BCUT2D eigenvalue weighted by atomic mass is 79.9. The van der Waals surface area contributed by atoms with Crippen LogP contribution >= 0.6 is 27.5 Å². The third-order valence-electron chi connectivity index (χ3n) is 2.46. The van der Waals surface area contributed by atoms with E-state index in [0.717, 1.165) is 10.0 Å². The molecule has 2 aromatic rings. The van der Waals surface area contributed by atoms with Gasteiger partial charge in [0.25, 0.3) is 0 Å². The Morgan fingerprint density at radius 1 is 1.26 bits per heavy atom. The zero-order valence-electron chi connectivity index (χ0n) is 9.68. The van der Waals surface area contributed by atoms with Crippen LogP contribution in [0.5, 0.6) is 5.75 Å². The lowest BCUT2D eigenvalue weighted by atomic mass is 10.2. The van der Waals surface area contributed by atoms with Crippen LogP contribution in [-0.4, -0.2) is 4.92 Å². The first kappa shape index (κ1) is 13.8. The number of halogens is 2. The van der Waals surface area contributed by atoms with Gasteiger partial charge < -0.3 is 4.74 Å². The van der Waals surface area contributed by atoms with E-state index >= 15 is 0 Å². The van der Waals surface area contributed by atoms with Crippen molar-refractivity contribution in [3.63, 3.8) is 0 Å². The molecule has 2 aromatic carbocycles. The fourth-order valence-electron chi connectivity index (χ4n) is 1.53. The Kier molecular flexibility index (Phi) is 4.39. The van der Waals surface area contributed by atoms with Crippen LogP contribution in [0.4, 0.5) is 5.69 Å². The fraction of sp³-hybridized carbons (Fsp3) is 0.0769. The Hall–Kier alpha value is -1.59. The van der Waals surface area contributed by atoms with E-state index in [2.05, 4.69) is 15.9 Å². The van der Waals surface area contributed by atoms with Gasteiger partial charge in [-0.1, -0.05) is 45.7 Å². The fourth-order valence-corrected chi connectivity index (χ4v) is 2.09. The van der Waals surface area contributed by atoms with Crippen molar-refractivity contribution in [2.45, 2.75) is 6.61 Å². The molecule has 0 fully saturated rings. The number of hydrogen-bond acceptors (Lipinski definition) is 3. The molecule has 0 N–H and O–H groups in total. The van der Waals surface area contributed by atoms with Gasteiger partial charge in [-0.05, 0) is 18.2 Å². The minimum atomic E-state index is -0.513. The lowest BCUT2D eigenvalue weighted by molar-refractivity contribution is -0.385. The Labute approximate surface area is 123 Å². The van der Waals surface area contributed by atoms with Gasteiger partial charge in [0.05, 0.1) is 4.92 Å². The molecule has 0 spiro atoms. The molecule has 0 radical (unpaired) electrons. The van der Waals surface area contributed by atoms with E-state index in [9.17, 15) is 10.1 Å². The van der Waals surface area contributed by atoms with Crippen LogP contribution in [0.1, 0.15) is 5.56 Å². The monoisotopic (exact) mass is 341 g/mol. The Balaban J connectivity index is 2.20. The predicted octanol–water partition coefficient (Wildman–Crippen LogP) is 4.59. The van der Waals surface area contributed by atoms with Crippen LogP contribution in [-0.2, 0) is 6.61 Å². The van der Waals surface area contributed by atoms with Crippen LogP contribution in [0.3, 0.4) is 0 Å². The molecule has 0 aliphatic rings. The van der Waals surface area contributed by atoms with Crippen LogP contribution < -0.4 is 4.74 Å². The van der Waals surface area contributed by atoms with Crippen molar-refractivity contribution in [3.05, 3.63) is 67.6 Å². The summed E-state index contributed by atoms with van der Waals surface area (Å²) in [5.74, 6) is 0.199. The molecule has 0 unspecified atom stereocenters. The molecule has 0 aliphatic heterocycles. The molecule has 19 heavy (non-hydrogen) atoms. The standard InChI is InChI=1S/C13H9BrClNO3/c14-11-4-2-1-3-9(11)8-19-13-6-5-10(15)7-12(13)16(17)18/h1-7H,8H2. The summed E-state index contributed by atoms with van der Waals surface area (Å²) in [6.07, 6.45) is 0. The van der Waals surface area contributed by atoms with Gasteiger partial charge in [0.2, 0.25) is 0 Å². The van der Waals surface area contributed by atoms with Crippen molar-refractivity contribution < 1.29 is 9.66 Å². The van der Waals surface area contributed by atoms with Gasteiger partial charge in [0, 0.05) is 21.1 Å². The van der Waals surface area contributed by atoms with E-state index in [1.54, 1.807) is 6.07 Å². The number of hydrogen-bond donors (Lipinski definition) is 0. The lowest BCUT2D eigenvalue weighted by Crippen LogP contribution is -1.99. The van der Waals surface area contributed by atoms with Crippen LogP contribution in [0.25, 0.3) is 0 Å². The maximum absolute atomic E-state index is 10.9. The van der Waals surface area contributed by atoms with Gasteiger partial charge in [0.15, 0.2) is 5.75 Å². The van der Waals surface area contributed by atoms with Gasteiger partial charge in [-0.3, -0.25) is 10.1 Å². The topological polar surface area (TPSA) is 52.4 Å². The molecule has 0 saturated heterocycles. The average molecular weight is 343 g/mol. The number of nitro groups is 1. The molecule has 2 rings (SSSR count). The van der Waals surface area contributed by atoms with E-state index in [-0.39, 0.29) is 18.0 Å². The normalized spacial score (nSPS) is 10.2. The third-order valence-corrected chi connectivity index (χ3v) is 3.47. The first-order chi connectivity index (χ1) is 9.08. The minimum absolute atomic E-state index is 0.139. The summed E-state index contributed by atoms with van der Waals surface area (Å²) in [4.78, 5) is 10.4. The number of rotatable bonds is 4. The molecule has 0 atom stereocenters. The zero-order chi connectivity index (χ0) is 13.8. The van der Waals surface area contributed by atoms with E-state index in [1.807, 2.05) is 24.3 Å². The SMILES string of the molecule is O=[N+]([O-])c1cc(Cl)ccc1OCc1ccccc1Br. The highest BCUT2D eigenvalue weighted by Gasteiger charge is 2.15. The van der Waals surface area contributed by atoms with E-state index in [0.29, 0.717) is 5.02 Å². The molecule has 6 heteroatoms. The molecule has 0 amide bonds. The first-order valence-electron chi connectivity index (χ1n) is 5.38. The van der Waals surface area contributed by atoms with Crippen molar-refractivity contribution in [2.24, 2.45) is 0 Å². The molecule has 0 saturated carbocycles. The molecule has 0 bridgehead atoms. The van der Waals surface area contributed by atoms with Crippen LogP contribution in [0.2, 0.25) is 5.02 Å². The quantitative estimate of drug-likeness (QED) is 0.603. The summed E-state index contributed by atoms with van der Waals surface area (Å²) in [6.45, 7) is 0.240. The Bertz CT molecular complexity index is 619. The molecule has 4 nitrogen and oxygen atoms in total. The summed E-state index contributed by atoms with van der Waals surface area (Å²) in [5, 5.41) is 11.2. The van der Waals surface area contributed by atoms with Crippen molar-refractivity contribution in [1.29, 1.82) is 0 Å². The maximum atomic E-state index is 10.9. The molecule has 98 valence electrons. The number of nitro benzene ring substituents is 1. The second kappa shape index (κ2) is 6.04. The predicted molar refractivity (Wildman–Crippen MR) is 76.6 cm³/mol. The van der Waals surface area contributed by atoms with E-state index < -0.39 is 4.92 Å². The zero-order valence-corrected chi connectivity index (χ0v) is 12.0. The highest BCUT2D eigenvalue weighted by molar-refractivity contribution is 9.10. The van der Waals surface area contributed by atoms with Gasteiger partial charge in [0.1, 0.15) is 6.61 Å². The minimum Gasteiger partial charge on any atom is -0.482 e. The molecule has 0 aliphatic carbocycles. The molecular weight excluding hydrogens is 334 g/mol. The molecular formula is C13H9BrClNO3. The van der Waals surface area contributed by atoms with Crippen LogP contribution in [0, 0.1) is 10.1 Å². The first-order valence-corrected chi connectivity index (χ1v) is 6.55.